The van der Waals surface area contributed by atoms with Crippen molar-refractivity contribution >= 4 is 23.4 Å². The molecule has 1 heterocycles. The molecule has 1 aliphatic carbocycles. The van der Waals surface area contributed by atoms with Crippen molar-refractivity contribution in [1.82, 2.24) is 4.98 Å². The molecule has 0 aliphatic heterocycles. The van der Waals surface area contributed by atoms with Gasteiger partial charge < -0.3 is 15.8 Å². The van der Waals surface area contributed by atoms with Gasteiger partial charge in [-0.1, -0.05) is 31.5 Å². The lowest BCUT2D eigenvalue weighted by molar-refractivity contribution is 0.168. The number of aromatic nitrogens is 1. The van der Waals surface area contributed by atoms with Gasteiger partial charge in [0.2, 0.25) is 0 Å². The number of hydrogen-bond acceptors (Lipinski definition) is 5. The maximum atomic E-state index is 11.6. The second kappa shape index (κ2) is 7.70. The molecule has 6 heteroatoms. The number of nitrogens with two attached hydrogens (primary N) is 1. The number of benzene rings is 1. The minimum atomic E-state index is -0.536. The summed E-state index contributed by atoms with van der Waals surface area (Å²) in [5.41, 5.74) is 12.0. The van der Waals surface area contributed by atoms with Crippen LogP contribution in [0, 0.1) is 19.3 Å². The molecule has 2 aromatic rings. The third kappa shape index (κ3) is 4.38. The maximum Gasteiger partial charge on any atom is 0.411 e. The Hall–Kier alpha value is -2.76. The van der Waals surface area contributed by atoms with Crippen molar-refractivity contribution in [3.63, 3.8) is 0 Å². The van der Waals surface area contributed by atoms with Crippen LogP contribution < -0.4 is 16.4 Å². The number of amides is 1. The van der Waals surface area contributed by atoms with E-state index in [2.05, 4.69) is 55.4 Å². The van der Waals surface area contributed by atoms with Gasteiger partial charge in [-0.15, -0.1) is 0 Å². The summed E-state index contributed by atoms with van der Waals surface area (Å²) in [5.74, 6) is 0.953. The Labute approximate surface area is 166 Å². The summed E-state index contributed by atoms with van der Waals surface area (Å²) in [7, 11) is 0. The van der Waals surface area contributed by atoms with Crippen LogP contribution >= 0.6 is 0 Å². The fourth-order valence-electron chi connectivity index (χ4n) is 4.19. The zero-order valence-corrected chi connectivity index (χ0v) is 17.3. The van der Waals surface area contributed by atoms with Crippen molar-refractivity contribution in [2.24, 2.45) is 5.41 Å². The van der Waals surface area contributed by atoms with E-state index in [0.717, 1.165) is 12.8 Å². The molecule has 1 unspecified atom stereocenters. The average molecular weight is 383 g/mol. The van der Waals surface area contributed by atoms with E-state index in [0.29, 0.717) is 18.1 Å². The number of rotatable bonds is 4. The van der Waals surface area contributed by atoms with Crippen LogP contribution in [0.15, 0.2) is 24.3 Å². The largest absolute Gasteiger partial charge is 0.450 e. The van der Waals surface area contributed by atoms with Crippen LogP contribution in [-0.4, -0.2) is 17.7 Å². The van der Waals surface area contributed by atoms with E-state index in [9.17, 15) is 4.79 Å². The molecule has 3 rings (SSSR count). The molecular formula is C22H30N4O2. The van der Waals surface area contributed by atoms with Gasteiger partial charge in [-0.25, -0.2) is 9.78 Å². The highest BCUT2D eigenvalue weighted by molar-refractivity contribution is 5.88. The molecule has 6 nitrogen and oxygen atoms in total. The van der Waals surface area contributed by atoms with E-state index in [-0.39, 0.29) is 17.3 Å². The lowest BCUT2D eigenvalue weighted by atomic mass is 9.70. The maximum absolute atomic E-state index is 11.6. The molecule has 0 bridgehead atoms. The van der Waals surface area contributed by atoms with Crippen molar-refractivity contribution in [3.05, 3.63) is 46.5 Å². The number of anilines is 3. The van der Waals surface area contributed by atoms with E-state index in [1.165, 1.54) is 22.3 Å². The SMILES string of the molecule is CCOC(=O)Nc1ccc(NC2CC(C)(C)Cc3cc(C)cc(C)c32)nc1N. The zero-order valence-electron chi connectivity index (χ0n) is 17.3. The third-order valence-corrected chi connectivity index (χ3v) is 5.15. The third-order valence-electron chi connectivity index (χ3n) is 5.15. The first-order valence-electron chi connectivity index (χ1n) is 9.75. The van der Waals surface area contributed by atoms with E-state index < -0.39 is 6.09 Å². The highest BCUT2D eigenvalue weighted by Gasteiger charge is 2.33. The molecule has 1 aliphatic rings. The van der Waals surface area contributed by atoms with Crippen LogP contribution in [0.3, 0.4) is 0 Å². The van der Waals surface area contributed by atoms with E-state index in [1.54, 1.807) is 13.0 Å². The number of fused-ring (bicyclic) bond motifs is 1. The Bertz CT molecular complexity index is 892. The first-order chi connectivity index (χ1) is 13.2. The predicted octanol–water partition coefficient (Wildman–Crippen LogP) is 4.97. The first kappa shape index (κ1) is 20.0. The molecule has 0 radical (unpaired) electrons. The Morgan fingerprint density at radius 3 is 2.75 bits per heavy atom. The molecule has 150 valence electrons. The number of ether oxygens (including phenoxy) is 1. The summed E-state index contributed by atoms with van der Waals surface area (Å²) in [6.07, 6.45) is 1.54. The lowest BCUT2D eigenvalue weighted by Gasteiger charge is -2.39. The van der Waals surface area contributed by atoms with Gasteiger partial charge in [0.1, 0.15) is 11.6 Å². The second-order valence-electron chi connectivity index (χ2n) is 8.37. The molecule has 0 saturated heterocycles. The standard InChI is InChI=1S/C22H30N4O2/c1-6-28-21(27)25-16-7-8-18(26-20(16)23)24-17-12-22(4,5)11-15-10-13(2)9-14(3)19(15)17/h7-10,17H,6,11-12H2,1-5H3,(H,25,27)(H3,23,24,26). The number of nitrogen functional groups attached to an aromatic ring is 1. The minimum Gasteiger partial charge on any atom is -0.450 e. The predicted molar refractivity (Wildman–Crippen MR) is 114 cm³/mol. The van der Waals surface area contributed by atoms with Crippen LogP contribution in [0.5, 0.6) is 0 Å². The van der Waals surface area contributed by atoms with Gasteiger partial charge in [-0.2, -0.15) is 0 Å². The molecule has 4 N–H and O–H groups in total. The zero-order chi connectivity index (χ0) is 20.5. The molecule has 1 atom stereocenters. The van der Waals surface area contributed by atoms with Crippen LogP contribution in [-0.2, 0) is 11.2 Å². The van der Waals surface area contributed by atoms with E-state index in [4.69, 9.17) is 10.5 Å². The number of aryl methyl sites for hydroxylation is 2. The van der Waals surface area contributed by atoms with Crippen LogP contribution in [0.2, 0.25) is 0 Å². The lowest BCUT2D eigenvalue weighted by Crippen LogP contribution is -2.30. The van der Waals surface area contributed by atoms with Gasteiger partial charge in [-0.05, 0) is 67.9 Å². The molecule has 28 heavy (non-hydrogen) atoms. The summed E-state index contributed by atoms with van der Waals surface area (Å²) in [5, 5.41) is 6.17. The van der Waals surface area contributed by atoms with Crippen LogP contribution in [0.4, 0.5) is 22.1 Å². The quantitative estimate of drug-likeness (QED) is 0.694. The van der Waals surface area contributed by atoms with Gasteiger partial charge in [0.25, 0.3) is 0 Å². The average Bonchev–Trinajstić information content (AvgIpc) is 2.55. The molecule has 1 aromatic carbocycles. The van der Waals surface area contributed by atoms with Crippen LogP contribution in [0.25, 0.3) is 0 Å². The molecule has 1 amide bonds. The van der Waals surface area contributed by atoms with Gasteiger partial charge in [-0.3, -0.25) is 5.32 Å². The Balaban J connectivity index is 1.86. The summed E-state index contributed by atoms with van der Waals surface area (Å²) >= 11 is 0. The van der Waals surface area contributed by atoms with Crippen molar-refractivity contribution in [1.29, 1.82) is 0 Å². The molecule has 0 saturated carbocycles. The Kier molecular flexibility index (Phi) is 5.49. The number of carbonyl (C=O) groups is 1. The number of nitrogens with zero attached hydrogens (tertiary/aromatic N) is 1. The fraction of sp³-hybridized carbons (Fsp3) is 0.455. The normalized spacial score (nSPS) is 17.5. The van der Waals surface area contributed by atoms with Gasteiger partial charge in [0, 0.05) is 0 Å². The molecule has 1 aromatic heterocycles. The van der Waals surface area contributed by atoms with Crippen molar-refractivity contribution < 1.29 is 9.53 Å². The smallest absolute Gasteiger partial charge is 0.411 e. The number of nitrogens with one attached hydrogen (secondary N) is 2. The van der Waals surface area contributed by atoms with E-state index in [1.807, 2.05) is 6.07 Å². The number of hydrogen-bond donors (Lipinski definition) is 3. The van der Waals surface area contributed by atoms with E-state index >= 15 is 0 Å². The topological polar surface area (TPSA) is 89.3 Å². The summed E-state index contributed by atoms with van der Waals surface area (Å²) < 4.78 is 4.89. The van der Waals surface area contributed by atoms with Gasteiger partial charge in [0.15, 0.2) is 0 Å². The Morgan fingerprint density at radius 1 is 1.32 bits per heavy atom. The van der Waals surface area contributed by atoms with Crippen molar-refractivity contribution in [2.45, 2.75) is 53.5 Å². The second-order valence-corrected chi connectivity index (χ2v) is 8.37. The van der Waals surface area contributed by atoms with Crippen molar-refractivity contribution in [3.8, 4) is 0 Å². The molecular weight excluding hydrogens is 352 g/mol. The van der Waals surface area contributed by atoms with Gasteiger partial charge in [0.05, 0.1) is 18.3 Å². The number of carbonyl (C=O) groups excluding carboxylic acids is 1. The Morgan fingerprint density at radius 2 is 2.07 bits per heavy atom. The first-order valence-corrected chi connectivity index (χ1v) is 9.75. The molecule has 0 spiro atoms. The minimum absolute atomic E-state index is 0.162. The monoisotopic (exact) mass is 382 g/mol. The van der Waals surface area contributed by atoms with Crippen LogP contribution in [0.1, 0.15) is 55.5 Å². The fourth-order valence-corrected chi connectivity index (χ4v) is 4.19. The van der Waals surface area contributed by atoms with Gasteiger partial charge >= 0.3 is 6.09 Å². The summed E-state index contributed by atoms with van der Waals surface area (Å²) in [6, 6.07) is 8.28. The van der Waals surface area contributed by atoms with Crippen molar-refractivity contribution in [2.75, 3.05) is 23.0 Å². The number of pyridine rings is 1. The summed E-state index contributed by atoms with van der Waals surface area (Å²) in [4.78, 5) is 16.1. The molecule has 0 fully saturated rings. The highest BCUT2D eigenvalue weighted by Crippen LogP contribution is 2.43. The highest BCUT2D eigenvalue weighted by atomic mass is 16.5. The summed E-state index contributed by atoms with van der Waals surface area (Å²) in [6.45, 7) is 11.0.